The van der Waals surface area contributed by atoms with Crippen LogP contribution in [-0.2, 0) is 0 Å². The second-order valence-corrected chi connectivity index (χ2v) is 3.46. The van der Waals surface area contributed by atoms with E-state index in [0.717, 1.165) is 24.2 Å². The normalized spacial score (nSPS) is 15.8. The van der Waals surface area contributed by atoms with Crippen LogP contribution in [-0.4, -0.2) is 16.1 Å². The lowest BCUT2D eigenvalue weighted by Gasteiger charge is -2.03. The molecule has 1 aliphatic carbocycles. The van der Waals surface area contributed by atoms with Crippen LogP contribution in [0.2, 0.25) is 0 Å². The van der Waals surface area contributed by atoms with Crippen molar-refractivity contribution in [3.05, 3.63) is 29.1 Å². The first kappa shape index (κ1) is 8.23. The lowest BCUT2D eigenvalue weighted by Crippen LogP contribution is -2.04. The number of nitrogens with zero attached hydrogens (tertiary/aromatic N) is 1. The highest BCUT2D eigenvalue weighted by Crippen LogP contribution is 2.40. The largest absolute Gasteiger partial charge is 0.478 e. The molecule has 0 saturated heterocycles. The molecule has 1 aromatic rings. The molecule has 3 nitrogen and oxygen atoms in total. The van der Waals surface area contributed by atoms with Gasteiger partial charge in [-0.15, -0.1) is 0 Å². The fraction of sp³-hybridized carbons (Fsp3) is 0.400. The summed E-state index contributed by atoms with van der Waals surface area (Å²) in [6.07, 6.45) is 2.16. The lowest BCUT2D eigenvalue weighted by atomic mass is 10.1. The van der Waals surface area contributed by atoms with Gasteiger partial charge in [0.05, 0.1) is 11.3 Å². The number of rotatable bonds is 2. The topological polar surface area (TPSA) is 50.2 Å². The molecular weight excluding hydrogens is 166 g/mol. The Labute approximate surface area is 76.4 Å². The van der Waals surface area contributed by atoms with E-state index in [-0.39, 0.29) is 0 Å². The van der Waals surface area contributed by atoms with Crippen LogP contribution in [0, 0.1) is 6.92 Å². The number of aromatic carboxylic acids is 1. The second kappa shape index (κ2) is 2.83. The summed E-state index contributed by atoms with van der Waals surface area (Å²) < 4.78 is 0. The number of carboxylic acids is 1. The second-order valence-electron chi connectivity index (χ2n) is 3.46. The van der Waals surface area contributed by atoms with E-state index in [4.69, 9.17) is 5.11 Å². The monoisotopic (exact) mass is 177 g/mol. The Kier molecular flexibility index (Phi) is 1.79. The molecule has 0 aliphatic heterocycles. The number of pyridine rings is 1. The molecule has 0 radical (unpaired) electrons. The minimum absolute atomic E-state index is 0.369. The van der Waals surface area contributed by atoms with Gasteiger partial charge in [-0.05, 0) is 31.9 Å². The molecule has 0 spiro atoms. The van der Waals surface area contributed by atoms with Crippen molar-refractivity contribution in [3.8, 4) is 0 Å². The summed E-state index contributed by atoms with van der Waals surface area (Å²) in [5.41, 5.74) is 2.03. The number of hydrogen-bond donors (Lipinski definition) is 1. The molecule has 1 heterocycles. The first-order chi connectivity index (χ1) is 6.18. The van der Waals surface area contributed by atoms with Crippen LogP contribution in [0.15, 0.2) is 12.1 Å². The average Bonchev–Trinajstić information content (AvgIpc) is 2.85. The van der Waals surface area contributed by atoms with E-state index in [0.29, 0.717) is 11.5 Å². The van der Waals surface area contributed by atoms with E-state index in [9.17, 15) is 4.79 Å². The summed E-state index contributed by atoms with van der Waals surface area (Å²) in [5.74, 6) is -0.472. The number of hydrogen-bond acceptors (Lipinski definition) is 2. The van der Waals surface area contributed by atoms with Gasteiger partial charge < -0.3 is 5.11 Å². The van der Waals surface area contributed by atoms with Crippen molar-refractivity contribution in [1.82, 2.24) is 4.98 Å². The Hall–Kier alpha value is -1.38. The molecule has 1 fully saturated rings. The first-order valence-electron chi connectivity index (χ1n) is 4.39. The number of carbonyl (C=O) groups is 1. The highest BCUT2D eigenvalue weighted by atomic mass is 16.4. The fourth-order valence-electron chi connectivity index (χ4n) is 1.43. The van der Waals surface area contributed by atoms with Crippen LogP contribution in [0.3, 0.4) is 0 Å². The first-order valence-corrected chi connectivity index (χ1v) is 4.39. The van der Waals surface area contributed by atoms with Crippen LogP contribution in [0.5, 0.6) is 0 Å². The van der Waals surface area contributed by atoms with Gasteiger partial charge in [0, 0.05) is 11.6 Å². The maximum atomic E-state index is 10.8. The van der Waals surface area contributed by atoms with Gasteiger partial charge >= 0.3 is 5.97 Å². The molecule has 2 rings (SSSR count). The molecule has 0 bridgehead atoms. The van der Waals surface area contributed by atoms with Crippen molar-refractivity contribution in [2.24, 2.45) is 0 Å². The average molecular weight is 177 g/mol. The Bertz CT molecular complexity index is 356. The molecule has 1 aromatic heterocycles. The third-order valence-corrected chi connectivity index (χ3v) is 2.26. The van der Waals surface area contributed by atoms with Crippen molar-refractivity contribution >= 4 is 5.97 Å². The molecular formula is C10H11NO2. The summed E-state index contributed by atoms with van der Waals surface area (Å²) in [6.45, 7) is 1.89. The summed E-state index contributed by atoms with van der Waals surface area (Å²) >= 11 is 0. The summed E-state index contributed by atoms with van der Waals surface area (Å²) in [7, 11) is 0. The van der Waals surface area contributed by atoms with Gasteiger partial charge in [0.1, 0.15) is 0 Å². The predicted octanol–water partition coefficient (Wildman–Crippen LogP) is 1.97. The molecule has 0 unspecified atom stereocenters. The molecule has 3 heteroatoms. The van der Waals surface area contributed by atoms with Gasteiger partial charge in [0.2, 0.25) is 0 Å². The van der Waals surface area contributed by atoms with Gasteiger partial charge in [-0.3, -0.25) is 4.98 Å². The van der Waals surface area contributed by atoms with Crippen molar-refractivity contribution < 1.29 is 9.90 Å². The van der Waals surface area contributed by atoms with Crippen molar-refractivity contribution in [2.75, 3.05) is 0 Å². The third kappa shape index (κ3) is 1.54. The van der Waals surface area contributed by atoms with Crippen LogP contribution in [0.25, 0.3) is 0 Å². The van der Waals surface area contributed by atoms with E-state index in [1.807, 2.05) is 6.92 Å². The maximum Gasteiger partial charge on any atom is 0.337 e. The summed E-state index contributed by atoms with van der Waals surface area (Å²) in [6, 6.07) is 3.40. The number of aromatic nitrogens is 1. The zero-order valence-electron chi connectivity index (χ0n) is 7.45. The molecule has 0 aromatic carbocycles. The van der Waals surface area contributed by atoms with E-state index in [1.54, 1.807) is 12.1 Å². The van der Waals surface area contributed by atoms with Crippen LogP contribution in [0.1, 0.15) is 40.5 Å². The van der Waals surface area contributed by atoms with Crippen LogP contribution >= 0.6 is 0 Å². The SMILES string of the molecule is Cc1ccc(C(=O)O)c(C2CC2)n1. The number of aryl methyl sites for hydroxylation is 1. The standard InChI is InChI=1S/C10H11NO2/c1-6-2-5-8(10(12)13)9(11-6)7-3-4-7/h2,5,7H,3-4H2,1H3,(H,12,13). The van der Waals surface area contributed by atoms with Crippen molar-refractivity contribution in [3.63, 3.8) is 0 Å². The maximum absolute atomic E-state index is 10.8. The van der Waals surface area contributed by atoms with Gasteiger partial charge in [-0.25, -0.2) is 4.79 Å². The highest BCUT2D eigenvalue weighted by molar-refractivity contribution is 5.89. The van der Waals surface area contributed by atoms with Gasteiger partial charge in [0.25, 0.3) is 0 Å². The third-order valence-electron chi connectivity index (χ3n) is 2.26. The minimum atomic E-state index is -0.866. The molecule has 1 saturated carbocycles. The summed E-state index contributed by atoms with van der Waals surface area (Å²) in [5, 5.41) is 8.89. The smallest absolute Gasteiger partial charge is 0.337 e. The highest BCUT2D eigenvalue weighted by Gasteiger charge is 2.29. The molecule has 13 heavy (non-hydrogen) atoms. The van der Waals surface area contributed by atoms with E-state index < -0.39 is 5.97 Å². The molecule has 0 atom stereocenters. The molecule has 68 valence electrons. The molecule has 1 N–H and O–H groups in total. The van der Waals surface area contributed by atoms with Crippen LogP contribution < -0.4 is 0 Å². The molecule has 0 amide bonds. The minimum Gasteiger partial charge on any atom is -0.478 e. The fourth-order valence-corrected chi connectivity index (χ4v) is 1.43. The van der Waals surface area contributed by atoms with Crippen molar-refractivity contribution in [2.45, 2.75) is 25.7 Å². The van der Waals surface area contributed by atoms with Crippen molar-refractivity contribution in [1.29, 1.82) is 0 Å². The lowest BCUT2D eigenvalue weighted by molar-refractivity contribution is 0.0695. The van der Waals surface area contributed by atoms with E-state index in [2.05, 4.69) is 4.98 Å². The Morgan fingerprint density at radius 1 is 1.54 bits per heavy atom. The predicted molar refractivity (Wildman–Crippen MR) is 47.9 cm³/mol. The van der Waals surface area contributed by atoms with Crippen LogP contribution in [0.4, 0.5) is 0 Å². The quantitative estimate of drug-likeness (QED) is 0.751. The van der Waals surface area contributed by atoms with Gasteiger partial charge in [-0.2, -0.15) is 0 Å². The Balaban J connectivity index is 2.47. The van der Waals surface area contributed by atoms with E-state index in [1.165, 1.54) is 0 Å². The van der Waals surface area contributed by atoms with E-state index >= 15 is 0 Å². The summed E-state index contributed by atoms with van der Waals surface area (Å²) in [4.78, 5) is 15.1. The van der Waals surface area contributed by atoms with Gasteiger partial charge in [0.15, 0.2) is 0 Å². The Morgan fingerprint density at radius 3 is 2.77 bits per heavy atom. The number of carboxylic acid groups (broad SMARTS) is 1. The molecule has 1 aliphatic rings. The zero-order chi connectivity index (χ0) is 9.42. The van der Waals surface area contributed by atoms with Gasteiger partial charge in [-0.1, -0.05) is 0 Å². The zero-order valence-corrected chi connectivity index (χ0v) is 7.45. The Morgan fingerprint density at radius 2 is 2.23 bits per heavy atom.